The molecule has 4 aromatic rings. The van der Waals surface area contributed by atoms with Crippen molar-refractivity contribution in [3.8, 4) is 17.0 Å². The standard InChI is InChI=1S/C19H19FN8O2/c1-11(29)27-9-14(20)15(10-27)23-18-24-17(30-2)16-13(3-5-28(16)25-18)12-7-22-19-21-4-6-26(19)8-12/h3-8,14-15H,9-10H2,1-2H3,(H,23,25)/t14-,15+/m0/s1. The number of fused-ring (bicyclic) bond motifs is 2. The molecule has 2 atom stereocenters. The lowest BCUT2D eigenvalue weighted by Gasteiger charge is -2.16. The van der Waals surface area contributed by atoms with Crippen LogP contribution in [-0.4, -0.2) is 72.2 Å². The number of anilines is 1. The summed E-state index contributed by atoms with van der Waals surface area (Å²) in [5.74, 6) is 1.01. The monoisotopic (exact) mass is 410 g/mol. The second-order valence-electron chi connectivity index (χ2n) is 7.14. The number of carbonyl (C=O) groups is 1. The Kier molecular flexibility index (Phi) is 4.23. The van der Waals surface area contributed by atoms with Gasteiger partial charge in [-0.3, -0.25) is 9.20 Å². The zero-order chi connectivity index (χ0) is 20.8. The van der Waals surface area contributed by atoms with Crippen molar-refractivity contribution in [1.82, 2.24) is 33.9 Å². The van der Waals surface area contributed by atoms with Crippen LogP contribution in [0.5, 0.6) is 5.88 Å². The lowest BCUT2D eigenvalue weighted by atomic mass is 10.1. The zero-order valence-electron chi connectivity index (χ0n) is 16.4. The van der Waals surface area contributed by atoms with Crippen molar-refractivity contribution in [2.24, 2.45) is 0 Å². The van der Waals surface area contributed by atoms with E-state index in [1.807, 2.05) is 22.9 Å². The molecule has 1 N–H and O–H groups in total. The average Bonchev–Trinajstić information content (AvgIpc) is 3.45. The van der Waals surface area contributed by atoms with Gasteiger partial charge in [0.15, 0.2) is 0 Å². The van der Waals surface area contributed by atoms with Crippen molar-refractivity contribution in [2.45, 2.75) is 19.1 Å². The molecule has 0 radical (unpaired) electrons. The summed E-state index contributed by atoms with van der Waals surface area (Å²) < 4.78 is 23.3. The van der Waals surface area contributed by atoms with Gasteiger partial charge >= 0.3 is 0 Å². The number of hydrogen-bond acceptors (Lipinski definition) is 7. The van der Waals surface area contributed by atoms with Gasteiger partial charge in [0.2, 0.25) is 23.5 Å². The highest BCUT2D eigenvalue weighted by Crippen LogP contribution is 2.31. The molecular weight excluding hydrogens is 391 g/mol. The van der Waals surface area contributed by atoms with Gasteiger partial charge in [-0.15, -0.1) is 5.10 Å². The fourth-order valence-corrected chi connectivity index (χ4v) is 3.71. The molecule has 4 aromatic heterocycles. The van der Waals surface area contributed by atoms with Gasteiger partial charge in [0.05, 0.1) is 19.7 Å². The topological polar surface area (TPSA) is 102 Å². The van der Waals surface area contributed by atoms with Crippen LogP contribution in [0.1, 0.15) is 6.92 Å². The Morgan fingerprint density at radius 1 is 1.30 bits per heavy atom. The highest BCUT2D eigenvalue weighted by Gasteiger charge is 2.34. The molecule has 5 rings (SSSR count). The fraction of sp³-hybridized carbons (Fsp3) is 0.316. The molecule has 0 aliphatic carbocycles. The molecule has 0 spiro atoms. The third kappa shape index (κ3) is 2.98. The molecule has 11 heteroatoms. The minimum absolute atomic E-state index is 0.0593. The number of rotatable bonds is 4. The normalized spacial score (nSPS) is 19.0. The predicted molar refractivity (Wildman–Crippen MR) is 106 cm³/mol. The number of amides is 1. The zero-order valence-corrected chi connectivity index (χ0v) is 16.4. The predicted octanol–water partition coefficient (Wildman–Crippen LogP) is 1.43. The molecule has 0 aromatic carbocycles. The van der Waals surface area contributed by atoms with Crippen LogP contribution in [0.2, 0.25) is 0 Å². The molecule has 1 aliphatic rings. The maximum absolute atomic E-state index is 14.3. The lowest BCUT2D eigenvalue weighted by molar-refractivity contribution is -0.128. The summed E-state index contributed by atoms with van der Waals surface area (Å²) in [6.45, 7) is 1.75. The molecule has 1 amide bonds. The number of alkyl halides is 1. The summed E-state index contributed by atoms with van der Waals surface area (Å²) in [6.07, 6.45) is 7.72. The summed E-state index contributed by atoms with van der Waals surface area (Å²) in [5, 5.41) is 7.45. The third-order valence-electron chi connectivity index (χ3n) is 5.24. The Labute approximate surface area is 170 Å². The molecule has 30 heavy (non-hydrogen) atoms. The van der Waals surface area contributed by atoms with Gasteiger partial charge in [-0.05, 0) is 6.07 Å². The number of methoxy groups -OCH3 is 1. The number of imidazole rings is 1. The van der Waals surface area contributed by atoms with Gasteiger partial charge in [-0.1, -0.05) is 0 Å². The first-order valence-corrected chi connectivity index (χ1v) is 9.42. The maximum Gasteiger partial charge on any atom is 0.244 e. The van der Waals surface area contributed by atoms with Gasteiger partial charge in [-0.25, -0.2) is 18.9 Å². The second kappa shape index (κ2) is 6.94. The van der Waals surface area contributed by atoms with Crippen LogP contribution < -0.4 is 10.1 Å². The van der Waals surface area contributed by atoms with Crippen molar-refractivity contribution in [3.63, 3.8) is 0 Å². The number of hydrogen-bond donors (Lipinski definition) is 1. The smallest absolute Gasteiger partial charge is 0.244 e. The van der Waals surface area contributed by atoms with E-state index in [9.17, 15) is 9.18 Å². The first-order valence-electron chi connectivity index (χ1n) is 9.42. The first-order chi connectivity index (χ1) is 14.5. The molecule has 0 unspecified atom stereocenters. The number of likely N-dealkylation sites (tertiary alicyclic amines) is 1. The third-order valence-corrected chi connectivity index (χ3v) is 5.24. The first kappa shape index (κ1) is 18.3. The largest absolute Gasteiger partial charge is 0.479 e. The summed E-state index contributed by atoms with van der Waals surface area (Å²) in [5.41, 5.74) is 2.36. The van der Waals surface area contributed by atoms with E-state index >= 15 is 0 Å². The van der Waals surface area contributed by atoms with E-state index in [1.54, 1.807) is 23.1 Å². The van der Waals surface area contributed by atoms with E-state index in [2.05, 4.69) is 25.4 Å². The van der Waals surface area contributed by atoms with Crippen LogP contribution in [0.4, 0.5) is 10.3 Å². The van der Waals surface area contributed by atoms with Crippen LogP contribution in [-0.2, 0) is 4.79 Å². The minimum atomic E-state index is -1.20. The highest BCUT2D eigenvalue weighted by atomic mass is 19.1. The van der Waals surface area contributed by atoms with Crippen molar-refractivity contribution in [3.05, 3.63) is 37.1 Å². The average molecular weight is 410 g/mol. The summed E-state index contributed by atoms with van der Waals surface area (Å²) in [4.78, 5) is 25.9. The molecule has 1 fully saturated rings. The number of aromatic nitrogens is 6. The Balaban J connectivity index is 1.51. The molecule has 5 heterocycles. The molecule has 154 valence electrons. The van der Waals surface area contributed by atoms with Crippen molar-refractivity contribution < 1.29 is 13.9 Å². The summed E-state index contributed by atoms with van der Waals surface area (Å²) >= 11 is 0. The number of carbonyl (C=O) groups excluding carboxylic acids is 1. The van der Waals surface area contributed by atoms with Gasteiger partial charge in [-0.2, -0.15) is 4.98 Å². The minimum Gasteiger partial charge on any atom is -0.479 e. The Hall–Kier alpha value is -3.76. The Bertz CT molecular complexity index is 1250. The highest BCUT2D eigenvalue weighted by molar-refractivity contribution is 5.84. The fourth-order valence-electron chi connectivity index (χ4n) is 3.71. The van der Waals surface area contributed by atoms with Crippen LogP contribution in [0, 0.1) is 0 Å². The molecule has 0 saturated carbocycles. The van der Waals surface area contributed by atoms with E-state index in [0.717, 1.165) is 11.1 Å². The number of halogens is 1. The van der Waals surface area contributed by atoms with E-state index in [-0.39, 0.29) is 24.9 Å². The van der Waals surface area contributed by atoms with Crippen molar-refractivity contribution in [1.29, 1.82) is 0 Å². The molecule has 0 bridgehead atoms. The van der Waals surface area contributed by atoms with E-state index < -0.39 is 12.2 Å². The van der Waals surface area contributed by atoms with Crippen LogP contribution in [0.25, 0.3) is 22.4 Å². The van der Waals surface area contributed by atoms with Crippen LogP contribution in [0.15, 0.2) is 37.1 Å². The van der Waals surface area contributed by atoms with E-state index in [4.69, 9.17) is 4.74 Å². The summed E-state index contributed by atoms with van der Waals surface area (Å²) in [6, 6.07) is 1.31. The molecule has 10 nitrogen and oxygen atoms in total. The molecule has 1 aliphatic heterocycles. The summed E-state index contributed by atoms with van der Waals surface area (Å²) in [7, 11) is 1.52. The van der Waals surface area contributed by atoms with Gasteiger partial charge in [0, 0.05) is 55.6 Å². The Morgan fingerprint density at radius 3 is 2.93 bits per heavy atom. The van der Waals surface area contributed by atoms with Crippen LogP contribution in [0.3, 0.4) is 0 Å². The quantitative estimate of drug-likeness (QED) is 0.543. The van der Waals surface area contributed by atoms with E-state index in [1.165, 1.54) is 18.9 Å². The molecule has 1 saturated heterocycles. The molecular formula is C19H19FN8O2. The second-order valence-corrected chi connectivity index (χ2v) is 7.14. The lowest BCUT2D eigenvalue weighted by Crippen LogP contribution is -2.32. The van der Waals surface area contributed by atoms with Gasteiger partial charge < -0.3 is 15.0 Å². The van der Waals surface area contributed by atoms with E-state index in [0.29, 0.717) is 17.2 Å². The van der Waals surface area contributed by atoms with Crippen LogP contribution >= 0.6 is 0 Å². The number of ether oxygens (including phenoxy) is 1. The van der Waals surface area contributed by atoms with Crippen molar-refractivity contribution in [2.75, 3.05) is 25.5 Å². The SMILES string of the molecule is COc1nc(N[C@@H]2CN(C(C)=O)C[C@@H]2F)nn2ccc(-c3cnc4nccn4c3)c12. The van der Waals surface area contributed by atoms with Gasteiger partial charge in [0.25, 0.3) is 0 Å². The maximum atomic E-state index is 14.3. The number of nitrogens with zero attached hydrogens (tertiary/aromatic N) is 7. The number of nitrogens with one attached hydrogen (secondary N) is 1. The van der Waals surface area contributed by atoms with Gasteiger partial charge in [0.1, 0.15) is 11.7 Å². The van der Waals surface area contributed by atoms with Crippen molar-refractivity contribution >= 4 is 23.1 Å². The Morgan fingerprint density at radius 2 is 2.17 bits per heavy atom.